The topological polar surface area (TPSA) is 46.3 Å². The van der Waals surface area contributed by atoms with E-state index in [0.29, 0.717) is 17.7 Å². The van der Waals surface area contributed by atoms with Crippen molar-refractivity contribution in [1.82, 2.24) is 4.90 Å². The molecule has 0 spiro atoms. The summed E-state index contributed by atoms with van der Waals surface area (Å²) in [6, 6.07) is 0. The number of hydrogen-bond acceptors (Lipinski definition) is 2. The lowest BCUT2D eigenvalue weighted by molar-refractivity contribution is -0.132. The van der Waals surface area contributed by atoms with Gasteiger partial charge in [0.2, 0.25) is 5.91 Å². The molecule has 0 bridgehead atoms. The Kier molecular flexibility index (Phi) is 2.66. The van der Waals surface area contributed by atoms with Crippen molar-refractivity contribution in [2.45, 2.75) is 32.1 Å². The van der Waals surface area contributed by atoms with E-state index in [1.807, 2.05) is 0 Å². The highest BCUT2D eigenvalue weighted by Crippen LogP contribution is 2.56. The van der Waals surface area contributed by atoms with Gasteiger partial charge in [-0.05, 0) is 43.6 Å². The van der Waals surface area contributed by atoms with E-state index in [2.05, 4.69) is 4.90 Å². The maximum absolute atomic E-state index is 12.3. The predicted octanol–water partition coefficient (Wildman–Crippen LogP) is 1.23. The fourth-order valence-corrected chi connectivity index (χ4v) is 3.79. The van der Waals surface area contributed by atoms with Crippen molar-refractivity contribution in [3.05, 3.63) is 0 Å². The molecule has 0 aromatic rings. The molecule has 0 radical (unpaired) electrons. The highest BCUT2D eigenvalue weighted by molar-refractivity contribution is 5.82. The van der Waals surface area contributed by atoms with Crippen LogP contribution in [0.1, 0.15) is 32.1 Å². The molecule has 3 fully saturated rings. The molecule has 0 aromatic heterocycles. The van der Waals surface area contributed by atoms with E-state index >= 15 is 0 Å². The smallest absolute Gasteiger partial charge is 0.226 e. The molecule has 3 heteroatoms. The van der Waals surface area contributed by atoms with Gasteiger partial charge in [-0.25, -0.2) is 0 Å². The van der Waals surface area contributed by atoms with Gasteiger partial charge in [0.1, 0.15) is 0 Å². The third kappa shape index (κ3) is 1.65. The Labute approximate surface area is 97.4 Å². The van der Waals surface area contributed by atoms with Gasteiger partial charge in [-0.3, -0.25) is 4.79 Å². The van der Waals surface area contributed by atoms with Gasteiger partial charge in [-0.15, -0.1) is 0 Å². The van der Waals surface area contributed by atoms with E-state index in [1.54, 1.807) is 0 Å². The molecule has 3 nitrogen and oxygen atoms in total. The quantitative estimate of drug-likeness (QED) is 0.764. The molecule has 2 N–H and O–H groups in total. The van der Waals surface area contributed by atoms with Crippen molar-refractivity contribution in [2.24, 2.45) is 29.4 Å². The minimum absolute atomic E-state index is 0.402. The van der Waals surface area contributed by atoms with E-state index in [1.165, 1.54) is 25.7 Å². The first-order valence-electron chi connectivity index (χ1n) is 6.80. The molecule has 3 atom stereocenters. The fourth-order valence-electron chi connectivity index (χ4n) is 3.79. The average Bonchev–Trinajstić information content (AvgIpc) is 2.84. The molecule has 2 saturated carbocycles. The average molecular weight is 222 g/mol. The van der Waals surface area contributed by atoms with Crippen LogP contribution >= 0.6 is 0 Å². The summed E-state index contributed by atoms with van der Waals surface area (Å²) in [6.45, 7) is 2.61. The van der Waals surface area contributed by atoms with E-state index in [0.717, 1.165) is 37.9 Å². The van der Waals surface area contributed by atoms with Crippen molar-refractivity contribution in [3.8, 4) is 0 Å². The third-order valence-corrected chi connectivity index (χ3v) is 4.87. The molecule has 3 aliphatic rings. The Balaban J connectivity index is 1.58. The maximum Gasteiger partial charge on any atom is 0.226 e. The monoisotopic (exact) mass is 222 g/mol. The van der Waals surface area contributed by atoms with Crippen LogP contribution in [0.25, 0.3) is 0 Å². The van der Waals surface area contributed by atoms with Crippen LogP contribution < -0.4 is 5.73 Å². The first-order chi connectivity index (χ1) is 7.81. The van der Waals surface area contributed by atoms with E-state index in [-0.39, 0.29) is 0 Å². The van der Waals surface area contributed by atoms with Gasteiger partial charge >= 0.3 is 0 Å². The normalized spacial score (nSPS) is 41.9. The van der Waals surface area contributed by atoms with E-state index < -0.39 is 0 Å². The van der Waals surface area contributed by atoms with Gasteiger partial charge in [0.25, 0.3) is 0 Å². The van der Waals surface area contributed by atoms with Crippen LogP contribution in [0.2, 0.25) is 0 Å². The summed E-state index contributed by atoms with van der Waals surface area (Å²) in [5, 5.41) is 0. The van der Waals surface area contributed by atoms with Crippen molar-refractivity contribution >= 4 is 5.91 Å². The highest BCUT2D eigenvalue weighted by Gasteiger charge is 2.56. The molecule has 1 amide bonds. The standard InChI is InChI=1S/C13H22N2O/c14-7-9-5-6-15(8-9)13(16)12-10-3-1-2-4-11(10)12/h9-12H,1-8,14H2. The summed E-state index contributed by atoms with van der Waals surface area (Å²) in [5.74, 6) is 2.91. The van der Waals surface area contributed by atoms with Gasteiger partial charge < -0.3 is 10.6 Å². The summed E-state index contributed by atoms with van der Waals surface area (Å²) in [6.07, 6.45) is 6.40. The number of fused-ring (bicyclic) bond motifs is 1. The Morgan fingerprint density at radius 2 is 1.88 bits per heavy atom. The van der Waals surface area contributed by atoms with Crippen LogP contribution in [0.15, 0.2) is 0 Å². The molecule has 3 rings (SSSR count). The van der Waals surface area contributed by atoms with Gasteiger partial charge in [0.05, 0.1) is 0 Å². The van der Waals surface area contributed by atoms with Crippen LogP contribution in [-0.2, 0) is 4.79 Å². The van der Waals surface area contributed by atoms with Crippen molar-refractivity contribution in [1.29, 1.82) is 0 Å². The minimum Gasteiger partial charge on any atom is -0.342 e. The van der Waals surface area contributed by atoms with Gasteiger partial charge in [0.15, 0.2) is 0 Å². The van der Waals surface area contributed by atoms with Crippen molar-refractivity contribution in [2.75, 3.05) is 19.6 Å². The van der Waals surface area contributed by atoms with Crippen LogP contribution in [0.5, 0.6) is 0 Å². The summed E-state index contributed by atoms with van der Waals surface area (Å²) >= 11 is 0. The largest absolute Gasteiger partial charge is 0.342 e. The molecule has 3 unspecified atom stereocenters. The zero-order valence-electron chi connectivity index (χ0n) is 9.90. The summed E-state index contributed by atoms with van der Waals surface area (Å²) in [5.41, 5.74) is 5.67. The molecule has 1 saturated heterocycles. The minimum atomic E-state index is 0.402. The Morgan fingerprint density at radius 1 is 1.19 bits per heavy atom. The summed E-state index contributed by atoms with van der Waals surface area (Å²) in [4.78, 5) is 14.4. The zero-order valence-corrected chi connectivity index (χ0v) is 9.90. The number of carbonyl (C=O) groups is 1. The van der Waals surface area contributed by atoms with Crippen LogP contribution in [0, 0.1) is 23.7 Å². The maximum atomic E-state index is 12.3. The number of amides is 1. The third-order valence-electron chi connectivity index (χ3n) is 4.87. The lowest BCUT2D eigenvalue weighted by Gasteiger charge is -2.16. The second-order valence-electron chi connectivity index (χ2n) is 5.81. The summed E-state index contributed by atoms with van der Waals surface area (Å²) < 4.78 is 0. The number of nitrogens with zero attached hydrogens (tertiary/aromatic N) is 1. The molecule has 0 aromatic carbocycles. The lowest BCUT2D eigenvalue weighted by Crippen LogP contribution is -2.31. The van der Waals surface area contributed by atoms with Crippen molar-refractivity contribution < 1.29 is 4.79 Å². The molecule has 16 heavy (non-hydrogen) atoms. The lowest BCUT2D eigenvalue weighted by atomic mass is 10.0. The predicted molar refractivity (Wildman–Crippen MR) is 62.7 cm³/mol. The Hall–Kier alpha value is -0.570. The molecular weight excluding hydrogens is 200 g/mol. The van der Waals surface area contributed by atoms with Gasteiger partial charge in [0, 0.05) is 19.0 Å². The fraction of sp³-hybridized carbons (Fsp3) is 0.923. The van der Waals surface area contributed by atoms with Crippen molar-refractivity contribution in [3.63, 3.8) is 0 Å². The highest BCUT2D eigenvalue weighted by atomic mass is 16.2. The molecule has 2 aliphatic carbocycles. The number of carbonyl (C=O) groups excluding carboxylic acids is 1. The number of likely N-dealkylation sites (tertiary alicyclic amines) is 1. The van der Waals surface area contributed by atoms with Crippen LogP contribution in [0.4, 0.5) is 0 Å². The van der Waals surface area contributed by atoms with Crippen LogP contribution in [-0.4, -0.2) is 30.4 Å². The number of rotatable bonds is 2. The molecule has 90 valence electrons. The van der Waals surface area contributed by atoms with Crippen LogP contribution in [0.3, 0.4) is 0 Å². The summed E-state index contributed by atoms with van der Waals surface area (Å²) in [7, 11) is 0. The molecular formula is C13H22N2O. The van der Waals surface area contributed by atoms with E-state index in [4.69, 9.17) is 5.73 Å². The molecule has 1 heterocycles. The first kappa shape index (κ1) is 10.6. The van der Waals surface area contributed by atoms with E-state index in [9.17, 15) is 4.79 Å². The zero-order chi connectivity index (χ0) is 11.1. The number of nitrogens with two attached hydrogens (primary N) is 1. The SMILES string of the molecule is NCC1CCN(C(=O)C2C3CCCCC32)C1. The Bertz CT molecular complexity index is 280. The van der Waals surface area contributed by atoms with Gasteiger partial charge in [-0.1, -0.05) is 12.8 Å². The number of hydrogen-bond donors (Lipinski definition) is 1. The second-order valence-corrected chi connectivity index (χ2v) is 5.81. The molecule has 1 aliphatic heterocycles. The second kappa shape index (κ2) is 4.02. The first-order valence-corrected chi connectivity index (χ1v) is 6.80. The Morgan fingerprint density at radius 3 is 2.44 bits per heavy atom. The van der Waals surface area contributed by atoms with Gasteiger partial charge in [-0.2, -0.15) is 0 Å².